The van der Waals surface area contributed by atoms with Gasteiger partial charge < -0.3 is 10.1 Å². The molecule has 1 N–H and O–H groups in total. The van der Waals surface area contributed by atoms with E-state index in [0.717, 1.165) is 11.0 Å². The largest absolute Gasteiger partial charge is 0.469 e. The molecule has 0 aliphatic carbocycles. The Morgan fingerprint density at radius 3 is 2.50 bits per heavy atom. The molecule has 0 radical (unpaired) electrons. The van der Waals surface area contributed by atoms with Crippen LogP contribution in [0.2, 0.25) is 0 Å². The maximum absolute atomic E-state index is 11.0. The highest BCUT2D eigenvalue weighted by molar-refractivity contribution is 9.10. The summed E-state index contributed by atoms with van der Waals surface area (Å²) in [4.78, 5) is 11.0. The van der Waals surface area contributed by atoms with Crippen LogP contribution in [-0.2, 0) is 14.9 Å². The third-order valence-electron chi connectivity index (χ3n) is 2.93. The summed E-state index contributed by atoms with van der Waals surface area (Å²) in [6.07, 6.45) is 0.410. The molecule has 0 unspecified atom stereocenters. The first-order valence-corrected chi connectivity index (χ1v) is 6.78. The lowest BCUT2D eigenvalue weighted by atomic mass is 9.84. The average Bonchev–Trinajstić information content (AvgIpc) is 2.35. The number of halogens is 1. The molecule has 1 aromatic rings. The third kappa shape index (κ3) is 4.78. The van der Waals surface area contributed by atoms with Crippen molar-refractivity contribution in [1.29, 1.82) is 0 Å². The lowest BCUT2D eigenvalue weighted by Gasteiger charge is -2.25. The van der Waals surface area contributed by atoms with E-state index in [0.29, 0.717) is 13.0 Å². The van der Waals surface area contributed by atoms with Crippen molar-refractivity contribution in [2.75, 3.05) is 20.2 Å². The fourth-order valence-corrected chi connectivity index (χ4v) is 1.96. The van der Waals surface area contributed by atoms with E-state index < -0.39 is 0 Å². The van der Waals surface area contributed by atoms with Crippen molar-refractivity contribution in [3.8, 4) is 0 Å². The van der Waals surface area contributed by atoms with Crippen LogP contribution in [0.15, 0.2) is 28.7 Å². The van der Waals surface area contributed by atoms with Crippen molar-refractivity contribution >= 4 is 21.9 Å². The summed E-state index contributed by atoms with van der Waals surface area (Å²) in [5, 5.41) is 3.29. The predicted octanol–water partition coefficient (Wildman–Crippen LogP) is 2.88. The summed E-state index contributed by atoms with van der Waals surface area (Å²) in [6, 6.07) is 8.33. The molecule has 100 valence electrons. The molecule has 3 nitrogen and oxygen atoms in total. The van der Waals surface area contributed by atoms with Gasteiger partial charge in [0.05, 0.1) is 13.5 Å². The van der Waals surface area contributed by atoms with Gasteiger partial charge in [0.1, 0.15) is 0 Å². The molecule has 0 aliphatic rings. The number of carbonyl (C=O) groups excluding carboxylic acids is 1. The number of carbonyl (C=O) groups is 1. The van der Waals surface area contributed by atoms with Gasteiger partial charge in [-0.05, 0) is 17.7 Å². The van der Waals surface area contributed by atoms with Gasteiger partial charge >= 0.3 is 5.97 Å². The molecule has 0 aliphatic heterocycles. The zero-order chi connectivity index (χ0) is 13.6. The Labute approximate surface area is 117 Å². The van der Waals surface area contributed by atoms with E-state index in [9.17, 15) is 4.79 Å². The molecule has 0 aromatic heterocycles. The lowest BCUT2D eigenvalue weighted by molar-refractivity contribution is -0.140. The minimum absolute atomic E-state index is 0.0385. The van der Waals surface area contributed by atoms with Crippen molar-refractivity contribution < 1.29 is 9.53 Å². The normalized spacial score (nSPS) is 11.3. The molecule has 0 saturated carbocycles. The van der Waals surface area contributed by atoms with Gasteiger partial charge in [-0.1, -0.05) is 41.9 Å². The first-order chi connectivity index (χ1) is 8.45. The Morgan fingerprint density at radius 1 is 1.33 bits per heavy atom. The fraction of sp³-hybridized carbons (Fsp3) is 0.500. The Kier molecular flexibility index (Phi) is 5.82. The van der Waals surface area contributed by atoms with Gasteiger partial charge in [0, 0.05) is 23.0 Å². The second-order valence-corrected chi connectivity index (χ2v) is 5.81. The highest BCUT2D eigenvalue weighted by Gasteiger charge is 2.19. The smallest absolute Gasteiger partial charge is 0.306 e. The Morgan fingerprint density at radius 2 is 1.94 bits per heavy atom. The first kappa shape index (κ1) is 15.2. The number of methoxy groups -OCH3 is 1. The minimum atomic E-state index is -0.177. The number of benzene rings is 1. The zero-order valence-electron chi connectivity index (χ0n) is 11.1. The average molecular weight is 314 g/mol. The molecule has 0 saturated heterocycles. The molecule has 18 heavy (non-hydrogen) atoms. The van der Waals surface area contributed by atoms with Crippen LogP contribution < -0.4 is 5.32 Å². The molecular formula is C14H20BrNO2. The summed E-state index contributed by atoms with van der Waals surface area (Å²) in [7, 11) is 1.41. The molecule has 0 amide bonds. The van der Waals surface area contributed by atoms with Crippen LogP contribution in [0.4, 0.5) is 0 Å². The lowest BCUT2D eigenvalue weighted by Crippen LogP contribution is -2.34. The molecule has 0 fully saturated rings. The van der Waals surface area contributed by atoms with E-state index in [-0.39, 0.29) is 11.4 Å². The summed E-state index contributed by atoms with van der Waals surface area (Å²) < 4.78 is 5.68. The predicted molar refractivity (Wildman–Crippen MR) is 76.7 cm³/mol. The van der Waals surface area contributed by atoms with Crippen LogP contribution in [0, 0.1) is 0 Å². The van der Waals surface area contributed by atoms with Crippen LogP contribution in [0.5, 0.6) is 0 Å². The Bertz CT molecular complexity index is 387. The molecule has 0 spiro atoms. The van der Waals surface area contributed by atoms with E-state index >= 15 is 0 Å². The van der Waals surface area contributed by atoms with Crippen LogP contribution in [0.1, 0.15) is 25.8 Å². The topological polar surface area (TPSA) is 38.3 Å². The van der Waals surface area contributed by atoms with E-state index in [1.165, 1.54) is 12.7 Å². The number of rotatable bonds is 6. The van der Waals surface area contributed by atoms with E-state index in [2.05, 4.69) is 52.0 Å². The molecule has 0 heterocycles. The van der Waals surface area contributed by atoms with Gasteiger partial charge in [0.15, 0.2) is 0 Å². The summed E-state index contributed by atoms with van der Waals surface area (Å²) >= 11 is 3.43. The summed E-state index contributed by atoms with van der Waals surface area (Å²) in [5.74, 6) is -0.177. The van der Waals surface area contributed by atoms with Gasteiger partial charge in [-0.2, -0.15) is 0 Å². The SMILES string of the molecule is COC(=O)CCNCC(C)(C)c1ccc(Br)cc1. The maximum atomic E-state index is 11.0. The standard InChI is InChI=1S/C14H20BrNO2/c1-14(2,10-16-9-8-13(17)18-3)11-4-6-12(15)7-5-11/h4-7,16H,8-10H2,1-3H3. The molecular weight excluding hydrogens is 294 g/mol. The second-order valence-electron chi connectivity index (χ2n) is 4.89. The van der Waals surface area contributed by atoms with Gasteiger partial charge in [0.2, 0.25) is 0 Å². The number of nitrogens with one attached hydrogen (secondary N) is 1. The maximum Gasteiger partial charge on any atom is 0.306 e. The Balaban J connectivity index is 2.44. The highest BCUT2D eigenvalue weighted by atomic mass is 79.9. The minimum Gasteiger partial charge on any atom is -0.469 e. The summed E-state index contributed by atoms with van der Waals surface area (Å²) in [6.45, 7) is 5.83. The zero-order valence-corrected chi connectivity index (χ0v) is 12.7. The number of esters is 1. The van der Waals surface area contributed by atoms with Crippen LogP contribution in [-0.4, -0.2) is 26.2 Å². The molecule has 1 rings (SSSR count). The van der Waals surface area contributed by atoms with Gasteiger partial charge in [-0.15, -0.1) is 0 Å². The highest BCUT2D eigenvalue weighted by Crippen LogP contribution is 2.23. The monoisotopic (exact) mass is 313 g/mol. The number of ether oxygens (including phenoxy) is 1. The fourth-order valence-electron chi connectivity index (χ4n) is 1.70. The van der Waals surface area contributed by atoms with E-state index in [4.69, 9.17) is 0 Å². The molecule has 1 aromatic carbocycles. The molecule has 4 heteroatoms. The van der Waals surface area contributed by atoms with Gasteiger partial charge in [-0.25, -0.2) is 0 Å². The number of hydrogen-bond donors (Lipinski definition) is 1. The van der Waals surface area contributed by atoms with Crippen molar-refractivity contribution in [2.45, 2.75) is 25.7 Å². The molecule has 0 atom stereocenters. The van der Waals surface area contributed by atoms with E-state index in [1.54, 1.807) is 0 Å². The van der Waals surface area contributed by atoms with Crippen LogP contribution in [0.3, 0.4) is 0 Å². The quantitative estimate of drug-likeness (QED) is 0.648. The number of hydrogen-bond acceptors (Lipinski definition) is 3. The Hall–Kier alpha value is -0.870. The van der Waals surface area contributed by atoms with Gasteiger partial charge in [0.25, 0.3) is 0 Å². The molecule has 0 bridgehead atoms. The van der Waals surface area contributed by atoms with E-state index in [1.807, 2.05) is 12.1 Å². The van der Waals surface area contributed by atoms with Crippen molar-refractivity contribution in [3.05, 3.63) is 34.3 Å². The van der Waals surface area contributed by atoms with Crippen LogP contribution in [0.25, 0.3) is 0 Å². The second kappa shape index (κ2) is 6.90. The van der Waals surface area contributed by atoms with Crippen molar-refractivity contribution in [2.24, 2.45) is 0 Å². The van der Waals surface area contributed by atoms with Crippen LogP contribution >= 0.6 is 15.9 Å². The van der Waals surface area contributed by atoms with Gasteiger partial charge in [-0.3, -0.25) is 4.79 Å². The summed E-state index contributed by atoms with van der Waals surface area (Å²) in [5.41, 5.74) is 1.31. The third-order valence-corrected chi connectivity index (χ3v) is 3.45. The first-order valence-electron chi connectivity index (χ1n) is 5.99. The van der Waals surface area contributed by atoms with Crippen molar-refractivity contribution in [3.63, 3.8) is 0 Å². The van der Waals surface area contributed by atoms with Crippen molar-refractivity contribution in [1.82, 2.24) is 5.32 Å².